The fourth-order valence-corrected chi connectivity index (χ4v) is 14.0. The molecule has 3 aliphatic rings. The van der Waals surface area contributed by atoms with E-state index in [0.29, 0.717) is 10.4 Å². The van der Waals surface area contributed by atoms with Crippen LogP contribution in [0.2, 0.25) is 0 Å². The Kier molecular flexibility index (Phi) is 13.1. The molecule has 1 fully saturated rings. The maximum absolute atomic E-state index is 12.7. The highest BCUT2D eigenvalue weighted by Crippen LogP contribution is 2.50. The first kappa shape index (κ1) is 47.6. The number of carboxylic acids is 1. The zero-order valence-electron chi connectivity index (χ0n) is 35.8. The molecule has 2 bridgehead atoms. The first-order valence-corrected chi connectivity index (χ1v) is 27.7. The average Bonchev–Trinajstić information content (AvgIpc) is 3.60. The second-order valence-electron chi connectivity index (χ2n) is 16.2. The van der Waals surface area contributed by atoms with E-state index in [0.717, 1.165) is 88.1 Å². The van der Waals surface area contributed by atoms with Crippen LogP contribution < -0.4 is 0 Å². The van der Waals surface area contributed by atoms with Gasteiger partial charge in [0.15, 0.2) is 0 Å². The lowest BCUT2D eigenvalue weighted by molar-refractivity contribution is -0.136. The number of hydrogen-bond acceptors (Lipinski definition) is 10. The molecule has 1 aromatic heterocycles. The predicted molar refractivity (Wildman–Crippen MR) is 268 cm³/mol. The van der Waals surface area contributed by atoms with Gasteiger partial charge in [0.1, 0.15) is 4.90 Å². The Morgan fingerprint density at radius 3 is 2.13 bits per heavy atom. The van der Waals surface area contributed by atoms with Gasteiger partial charge in [-0.3, -0.25) is 23.4 Å². The summed E-state index contributed by atoms with van der Waals surface area (Å²) in [6, 6.07) is 34.1. The van der Waals surface area contributed by atoms with E-state index in [9.17, 15) is 48.8 Å². The van der Waals surface area contributed by atoms with Gasteiger partial charge in [0.2, 0.25) is 20.9 Å². The molecular formula is C50H40NO11S6+. The number of carbonyl (C=O) groups is 1. The number of benzene rings is 5. The minimum Gasteiger partial charge on any atom is -0.481 e. The molecule has 2 atom stereocenters. The number of allylic oxidation sites excluding steroid dienone is 4. The van der Waals surface area contributed by atoms with Crippen molar-refractivity contribution in [3.8, 4) is 10.4 Å². The maximum Gasteiger partial charge on any atom is 0.307 e. The van der Waals surface area contributed by atoms with Gasteiger partial charge in [-0.15, -0.1) is 0 Å². The molecule has 1 saturated heterocycles. The van der Waals surface area contributed by atoms with Gasteiger partial charge < -0.3 is 5.11 Å². The van der Waals surface area contributed by atoms with Gasteiger partial charge in [-0.1, -0.05) is 102 Å². The van der Waals surface area contributed by atoms with Crippen molar-refractivity contribution in [3.63, 3.8) is 0 Å². The van der Waals surface area contributed by atoms with Crippen molar-refractivity contribution in [1.82, 2.24) is 4.90 Å². The number of hydrogen-bond donors (Lipinski definition) is 4. The highest BCUT2D eigenvalue weighted by atomic mass is 32.2. The van der Waals surface area contributed by atoms with Crippen molar-refractivity contribution in [2.75, 3.05) is 7.05 Å². The molecule has 0 amide bonds. The van der Waals surface area contributed by atoms with Crippen LogP contribution in [-0.2, 0) is 41.6 Å². The van der Waals surface area contributed by atoms with E-state index in [-0.39, 0.29) is 29.0 Å². The van der Waals surface area contributed by atoms with E-state index in [1.54, 1.807) is 41.7 Å². The molecule has 2 unspecified atom stereocenters. The van der Waals surface area contributed by atoms with Gasteiger partial charge in [0.05, 0.1) is 21.8 Å². The summed E-state index contributed by atoms with van der Waals surface area (Å²) in [6.45, 7) is 0. The normalized spacial score (nSPS) is 19.0. The molecule has 68 heavy (non-hydrogen) atoms. The molecule has 3 aliphatic heterocycles. The number of aliphatic carboxylic acids is 1. The van der Waals surface area contributed by atoms with E-state index in [1.807, 2.05) is 72.8 Å². The van der Waals surface area contributed by atoms with Crippen LogP contribution in [0.3, 0.4) is 0 Å². The molecule has 0 aliphatic carbocycles. The Labute approximate surface area is 406 Å². The van der Waals surface area contributed by atoms with E-state index in [4.69, 9.17) is 0 Å². The fourth-order valence-electron chi connectivity index (χ4n) is 8.72. The highest BCUT2D eigenvalue weighted by Gasteiger charge is 2.41. The Morgan fingerprint density at radius 1 is 0.750 bits per heavy atom. The third-order valence-corrected chi connectivity index (χ3v) is 18.0. The summed E-state index contributed by atoms with van der Waals surface area (Å²) in [5.41, 5.74) is 6.26. The summed E-state index contributed by atoms with van der Waals surface area (Å²) in [5.74, 6) is -0.928. The first-order chi connectivity index (χ1) is 32.3. The van der Waals surface area contributed by atoms with Crippen LogP contribution in [0.4, 0.5) is 0 Å². The molecule has 12 nitrogen and oxygen atoms in total. The van der Waals surface area contributed by atoms with Gasteiger partial charge in [0.25, 0.3) is 30.4 Å². The lowest BCUT2D eigenvalue weighted by Gasteiger charge is -2.36. The predicted octanol–water partition coefficient (Wildman–Crippen LogP) is 10.9. The van der Waals surface area contributed by atoms with Crippen LogP contribution in [0.1, 0.15) is 35.1 Å². The standard InChI is InChI=1S/C50H39NO11S6/c1-51-42-24-25-43(51)40(22-15-33-28-47(65-45-9-5-3-7-38(33)45)41-23-20-36(67(57,58)59)29-48(41)68(60,61)62)50(63-34-16-10-30(11-17-34)26-49(52)53)39(42)21-14-32-27-46(64-44-8-4-2-6-37(32)44)31-12-18-35(19-13-31)66(54,55)56/h2-23,27-29,42-43H,24-26H2,1H3,(H3-,52,53,54,55,56,57,58,59,60,61,62)/p+1. The Balaban J connectivity index is 1.20. The van der Waals surface area contributed by atoms with Crippen LogP contribution in [0.25, 0.3) is 37.1 Å². The molecule has 5 aromatic carbocycles. The molecular weight excluding hydrogens is 983 g/mol. The Hall–Kier alpha value is -5.51. The summed E-state index contributed by atoms with van der Waals surface area (Å²) in [5, 5.41) is 10.3. The van der Waals surface area contributed by atoms with Crippen LogP contribution in [0, 0.1) is 0 Å². The minimum absolute atomic E-state index is 0.00946. The Bertz CT molecular complexity index is 3560. The van der Waals surface area contributed by atoms with E-state index in [2.05, 4.69) is 42.3 Å². The lowest BCUT2D eigenvalue weighted by atomic mass is 9.94. The number of fused-ring (bicyclic) bond motifs is 4. The Morgan fingerprint density at radius 2 is 1.43 bits per heavy atom. The zero-order valence-corrected chi connectivity index (χ0v) is 40.7. The van der Waals surface area contributed by atoms with Crippen molar-refractivity contribution >= 4 is 97.8 Å². The maximum atomic E-state index is 12.7. The van der Waals surface area contributed by atoms with Crippen LogP contribution in [0.5, 0.6) is 0 Å². The summed E-state index contributed by atoms with van der Waals surface area (Å²) < 4.78 is 103. The first-order valence-electron chi connectivity index (χ1n) is 20.9. The highest BCUT2D eigenvalue weighted by molar-refractivity contribution is 8.08. The van der Waals surface area contributed by atoms with Crippen molar-refractivity contribution < 1.29 is 48.8 Å². The van der Waals surface area contributed by atoms with E-state index < -0.39 is 46.1 Å². The topological polar surface area (TPSA) is 204 Å². The molecule has 4 heterocycles. The van der Waals surface area contributed by atoms with Gasteiger partial charge >= 0.3 is 5.97 Å². The number of nitrogens with zero attached hydrogens (tertiary/aromatic N) is 1. The number of likely N-dealkylation sites (N-methyl/N-ethyl adjacent to an activating group) is 1. The lowest BCUT2D eigenvalue weighted by Crippen LogP contribution is -2.39. The summed E-state index contributed by atoms with van der Waals surface area (Å²) in [4.78, 5) is 16.6. The molecule has 0 radical (unpaired) electrons. The van der Waals surface area contributed by atoms with Crippen molar-refractivity contribution in [2.45, 2.75) is 55.8 Å². The van der Waals surface area contributed by atoms with Gasteiger partial charge in [0, 0.05) is 49.2 Å². The third-order valence-electron chi connectivity index (χ3n) is 12.0. The van der Waals surface area contributed by atoms with Crippen molar-refractivity contribution in [2.24, 2.45) is 0 Å². The number of carboxylic acid groups (broad SMARTS) is 1. The van der Waals surface area contributed by atoms with Crippen LogP contribution >= 0.6 is 34.9 Å². The average molecular weight is 1020 g/mol. The minimum atomic E-state index is -4.95. The second-order valence-corrected chi connectivity index (χ2v) is 23.7. The van der Waals surface area contributed by atoms with Gasteiger partial charge in [-0.25, -0.2) is 0 Å². The molecule has 9 rings (SSSR count). The SMILES string of the molecule is CN1C2CCC1/C(=C\C=C1/C=C(c3ccc(S(=O)(=O)O)cc3)Sc3ccccc31)C(Sc1ccc(CC(=O)O)cc1)=C2/C=C/c1cc(-c2ccc(S(=O)(=O)O)cc2S(=O)(=O)O)[s+]c2ccccc12. The monoisotopic (exact) mass is 1020 g/mol. The van der Waals surface area contributed by atoms with E-state index >= 15 is 0 Å². The van der Waals surface area contributed by atoms with Crippen LogP contribution in [0.15, 0.2) is 186 Å². The van der Waals surface area contributed by atoms with Gasteiger partial charge in [-0.05, 0) is 120 Å². The molecule has 4 N–H and O–H groups in total. The molecule has 18 heteroatoms. The molecule has 0 spiro atoms. The smallest absolute Gasteiger partial charge is 0.307 e. The second kappa shape index (κ2) is 18.8. The van der Waals surface area contributed by atoms with Crippen molar-refractivity contribution in [3.05, 3.63) is 184 Å². The van der Waals surface area contributed by atoms with Gasteiger partial charge in [-0.2, -0.15) is 25.3 Å². The fraction of sp³-hybridized carbons (Fsp3) is 0.120. The van der Waals surface area contributed by atoms with Crippen LogP contribution in [-0.4, -0.2) is 74.0 Å². The largest absolute Gasteiger partial charge is 0.481 e. The summed E-state index contributed by atoms with van der Waals surface area (Å²) in [7, 11) is -12.0. The van der Waals surface area contributed by atoms with E-state index in [1.165, 1.54) is 29.5 Å². The summed E-state index contributed by atoms with van der Waals surface area (Å²) in [6.07, 6.45) is 12.0. The summed E-state index contributed by atoms with van der Waals surface area (Å²) >= 11 is 4.40. The number of rotatable bonds is 12. The molecule has 6 aromatic rings. The molecule has 346 valence electrons. The molecule has 0 saturated carbocycles. The third kappa shape index (κ3) is 9.98. The number of thioether (sulfide) groups is 2. The quantitative estimate of drug-likeness (QED) is 0.0665. The van der Waals surface area contributed by atoms with Crippen molar-refractivity contribution in [1.29, 1.82) is 0 Å². The zero-order chi connectivity index (χ0) is 48.1.